The van der Waals surface area contributed by atoms with Gasteiger partial charge in [0.1, 0.15) is 5.75 Å². The van der Waals surface area contributed by atoms with Crippen LogP contribution in [0.4, 0.5) is 0 Å². The third kappa shape index (κ3) is 5.17. The fraction of sp³-hybridized carbons (Fsp3) is 0.476. The Morgan fingerprint density at radius 1 is 1.20 bits per heavy atom. The summed E-state index contributed by atoms with van der Waals surface area (Å²) >= 11 is 0. The van der Waals surface area contributed by atoms with Gasteiger partial charge in [-0.3, -0.25) is 24.6 Å². The SMILES string of the molecule is COC(=O)Cc1[nH]n(-c2ccc(OC)cc2)c(=O)c1C(C)=NCCN1CCOCC1. The van der Waals surface area contributed by atoms with E-state index in [1.807, 2.05) is 0 Å². The Morgan fingerprint density at radius 3 is 2.53 bits per heavy atom. The summed E-state index contributed by atoms with van der Waals surface area (Å²) in [5.41, 5.74) is 1.86. The Labute approximate surface area is 175 Å². The number of aromatic nitrogens is 2. The number of benzene rings is 1. The van der Waals surface area contributed by atoms with Crippen molar-refractivity contribution in [3.63, 3.8) is 0 Å². The molecule has 0 amide bonds. The second-order valence-electron chi connectivity index (χ2n) is 6.98. The standard InChI is InChI=1S/C21H28N4O5/c1-15(22-8-9-24-10-12-30-13-11-24)20-18(14-19(26)29-3)23-25(21(20)27)16-4-6-17(28-2)7-5-16/h4-7,23H,8-14H2,1-3H3. The number of nitrogens with zero attached hydrogens (tertiary/aromatic N) is 3. The smallest absolute Gasteiger partial charge is 0.311 e. The lowest BCUT2D eigenvalue weighted by Gasteiger charge is -2.25. The minimum absolute atomic E-state index is 0.0411. The number of hydrogen-bond donors (Lipinski definition) is 1. The van der Waals surface area contributed by atoms with Crippen LogP contribution in [0.15, 0.2) is 34.1 Å². The van der Waals surface area contributed by atoms with E-state index in [0.717, 1.165) is 32.8 Å². The number of H-pyrrole nitrogens is 1. The van der Waals surface area contributed by atoms with Crippen molar-refractivity contribution in [2.24, 2.45) is 4.99 Å². The largest absolute Gasteiger partial charge is 0.497 e. The van der Waals surface area contributed by atoms with Crippen molar-refractivity contribution in [2.45, 2.75) is 13.3 Å². The summed E-state index contributed by atoms with van der Waals surface area (Å²) < 4.78 is 16.7. The van der Waals surface area contributed by atoms with Crippen LogP contribution in [0.1, 0.15) is 18.2 Å². The molecule has 0 unspecified atom stereocenters. The highest BCUT2D eigenvalue weighted by molar-refractivity contribution is 6.00. The topological polar surface area (TPSA) is 98.1 Å². The van der Waals surface area contributed by atoms with E-state index >= 15 is 0 Å². The highest BCUT2D eigenvalue weighted by atomic mass is 16.5. The van der Waals surface area contributed by atoms with Crippen molar-refractivity contribution in [1.29, 1.82) is 0 Å². The zero-order chi connectivity index (χ0) is 21.5. The first-order chi connectivity index (χ1) is 14.5. The van der Waals surface area contributed by atoms with Gasteiger partial charge in [0.2, 0.25) is 0 Å². The molecule has 0 aliphatic carbocycles. The quantitative estimate of drug-likeness (QED) is 0.510. The van der Waals surface area contributed by atoms with Crippen molar-refractivity contribution >= 4 is 11.7 Å². The summed E-state index contributed by atoms with van der Waals surface area (Å²) in [5.74, 6) is 0.259. The van der Waals surface area contributed by atoms with Crippen molar-refractivity contribution in [2.75, 3.05) is 53.6 Å². The molecule has 3 rings (SSSR count). The van der Waals surface area contributed by atoms with Crippen LogP contribution in [0.5, 0.6) is 5.75 Å². The van der Waals surface area contributed by atoms with Gasteiger partial charge >= 0.3 is 5.97 Å². The first kappa shape index (κ1) is 21.8. The van der Waals surface area contributed by atoms with Crippen molar-refractivity contribution in [3.8, 4) is 11.4 Å². The lowest BCUT2D eigenvalue weighted by Crippen LogP contribution is -2.37. The van der Waals surface area contributed by atoms with E-state index in [1.165, 1.54) is 11.8 Å². The van der Waals surface area contributed by atoms with Crippen molar-refractivity contribution in [3.05, 3.63) is 45.9 Å². The van der Waals surface area contributed by atoms with E-state index in [2.05, 4.69) is 15.0 Å². The summed E-state index contributed by atoms with van der Waals surface area (Å²) in [5, 5.41) is 3.04. The van der Waals surface area contributed by atoms with Crippen molar-refractivity contribution in [1.82, 2.24) is 14.7 Å². The third-order valence-electron chi connectivity index (χ3n) is 5.08. The number of morpholine rings is 1. The number of esters is 1. The van der Waals surface area contributed by atoms with Crippen LogP contribution in [0.25, 0.3) is 5.69 Å². The molecule has 30 heavy (non-hydrogen) atoms. The molecule has 9 heteroatoms. The molecule has 162 valence electrons. The van der Waals surface area contributed by atoms with Crippen LogP contribution in [0.2, 0.25) is 0 Å². The minimum atomic E-state index is -0.430. The zero-order valence-electron chi connectivity index (χ0n) is 17.6. The molecular formula is C21H28N4O5. The van der Waals surface area contributed by atoms with Gasteiger partial charge in [-0.25, -0.2) is 4.68 Å². The molecule has 1 fully saturated rings. The molecule has 2 aromatic rings. The molecule has 1 aromatic heterocycles. The number of methoxy groups -OCH3 is 2. The molecule has 0 bridgehead atoms. The normalized spacial score (nSPS) is 15.2. The molecule has 0 saturated carbocycles. The number of carbonyl (C=O) groups is 1. The van der Waals surface area contributed by atoms with E-state index in [-0.39, 0.29) is 12.0 Å². The van der Waals surface area contributed by atoms with Gasteiger partial charge in [0, 0.05) is 25.3 Å². The molecule has 0 radical (unpaired) electrons. The molecule has 9 nitrogen and oxygen atoms in total. The monoisotopic (exact) mass is 416 g/mol. The average molecular weight is 416 g/mol. The van der Waals surface area contributed by atoms with Crippen LogP contribution in [-0.2, 0) is 20.7 Å². The van der Waals surface area contributed by atoms with E-state index < -0.39 is 5.97 Å². The Kier molecular flexibility index (Phi) is 7.42. The van der Waals surface area contributed by atoms with Crippen LogP contribution >= 0.6 is 0 Å². The summed E-state index contributed by atoms with van der Waals surface area (Å²) in [4.78, 5) is 31.9. The fourth-order valence-corrected chi connectivity index (χ4v) is 3.38. The average Bonchev–Trinajstić information content (AvgIpc) is 3.10. The van der Waals surface area contributed by atoms with Gasteiger partial charge in [-0.2, -0.15) is 0 Å². The molecule has 1 saturated heterocycles. The maximum absolute atomic E-state index is 13.2. The van der Waals surface area contributed by atoms with Gasteiger partial charge < -0.3 is 14.2 Å². The first-order valence-corrected chi connectivity index (χ1v) is 9.90. The first-order valence-electron chi connectivity index (χ1n) is 9.90. The summed E-state index contributed by atoms with van der Waals surface area (Å²) in [6.45, 7) is 6.39. The van der Waals surface area contributed by atoms with Crippen LogP contribution < -0.4 is 10.3 Å². The predicted molar refractivity (Wildman–Crippen MR) is 113 cm³/mol. The Balaban J connectivity index is 1.87. The molecule has 2 heterocycles. The van der Waals surface area contributed by atoms with Gasteiger partial charge in [-0.1, -0.05) is 0 Å². The van der Waals surface area contributed by atoms with Crippen LogP contribution in [0, 0.1) is 0 Å². The lowest BCUT2D eigenvalue weighted by atomic mass is 10.1. The van der Waals surface area contributed by atoms with Crippen LogP contribution in [-0.4, -0.2) is 80.0 Å². The fourth-order valence-electron chi connectivity index (χ4n) is 3.38. The summed E-state index contributed by atoms with van der Waals surface area (Å²) in [6.07, 6.45) is -0.0411. The second-order valence-corrected chi connectivity index (χ2v) is 6.98. The lowest BCUT2D eigenvalue weighted by molar-refractivity contribution is -0.139. The number of nitrogens with one attached hydrogen (secondary N) is 1. The highest BCUT2D eigenvalue weighted by Crippen LogP contribution is 2.15. The predicted octanol–water partition coefficient (Wildman–Crippen LogP) is 1.03. The van der Waals surface area contributed by atoms with Gasteiger partial charge in [-0.15, -0.1) is 0 Å². The molecule has 0 atom stereocenters. The van der Waals surface area contributed by atoms with Gasteiger partial charge in [-0.05, 0) is 31.2 Å². The van der Waals surface area contributed by atoms with Gasteiger partial charge in [0.05, 0.1) is 57.3 Å². The zero-order valence-corrected chi connectivity index (χ0v) is 17.6. The van der Waals surface area contributed by atoms with E-state index in [4.69, 9.17) is 14.2 Å². The number of carbonyl (C=O) groups excluding carboxylic acids is 1. The van der Waals surface area contributed by atoms with Crippen molar-refractivity contribution < 1.29 is 19.0 Å². The molecule has 1 aromatic carbocycles. The number of hydrogen-bond acceptors (Lipinski definition) is 7. The molecular weight excluding hydrogens is 388 g/mol. The van der Waals surface area contributed by atoms with E-state index in [1.54, 1.807) is 38.3 Å². The van der Waals surface area contributed by atoms with E-state index in [0.29, 0.717) is 35.0 Å². The van der Waals surface area contributed by atoms with Crippen LogP contribution in [0.3, 0.4) is 0 Å². The molecule has 1 aliphatic heterocycles. The maximum atomic E-state index is 13.2. The number of aromatic amines is 1. The minimum Gasteiger partial charge on any atom is -0.497 e. The number of aliphatic imine (C=N–C) groups is 1. The summed E-state index contributed by atoms with van der Waals surface area (Å²) in [6, 6.07) is 7.08. The second kappa shape index (κ2) is 10.2. The molecule has 1 aliphatic rings. The Morgan fingerprint density at radius 2 is 1.90 bits per heavy atom. The van der Waals surface area contributed by atoms with Gasteiger partial charge in [0.25, 0.3) is 5.56 Å². The van der Waals surface area contributed by atoms with Gasteiger partial charge in [0.15, 0.2) is 0 Å². The Bertz CT molecular complexity index is 939. The number of rotatable bonds is 8. The Hall–Kier alpha value is -2.91. The van der Waals surface area contributed by atoms with E-state index in [9.17, 15) is 9.59 Å². The number of ether oxygens (including phenoxy) is 3. The molecule has 1 N–H and O–H groups in total. The summed E-state index contributed by atoms with van der Waals surface area (Å²) in [7, 11) is 2.91. The maximum Gasteiger partial charge on any atom is 0.311 e. The third-order valence-corrected chi connectivity index (χ3v) is 5.08. The molecule has 0 spiro atoms. The highest BCUT2D eigenvalue weighted by Gasteiger charge is 2.20.